The lowest BCUT2D eigenvalue weighted by atomic mass is 10.2. The van der Waals surface area contributed by atoms with Crippen LogP contribution in [0.4, 0.5) is 33.1 Å². The van der Waals surface area contributed by atoms with Gasteiger partial charge in [-0.05, 0) is 63.2 Å². The van der Waals surface area contributed by atoms with E-state index in [2.05, 4.69) is 51.5 Å². The molecule has 5 nitrogen and oxygen atoms in total. The van der Waals surface area contributed by atoms with Crippen LogP contribution in [0.3, 0.4) is 0 Å². The highest BCUT2D eigenvalue weighted by Crippen LogP contribution is 2.23. The van der Waals surface area contributed by atoms with Gasteiger partial charge in [0.25, 0.3) is 0 Å². The largest absolute Gasteiger partial charge is 0.372 e. The van der Waals surface area contributed by atoms with Crippen molar-refractivity contribution in [2.45, 2.75) is 20.8 Å². The summed E-state index contributed by atoms with van der Waals surface area (Å²) in [6.45, 7) is 8.07. The molecule has 0 saturated heterocycles. The minimum atomic E-state index is -0.294. The number of nitrogens with zero attached hydrogens (tertiary/aromatic N) is 3. The van der Waals surface area contributed by atoms with Crippen molar-refractivity contribution in [3.05, 3.63) is 66.2 Å². The molecule has 1 heterocycles. The summed E-state index contributed by atoms with van der Waals surface area (Å²) < 4.78 is 13.4. The molecule has 6 heteroatoms. The number of hydrogen-bond acceptors (Lipinski definition) is 5. The molecule has 0 radical (unpaired) electrons. The monoisotopic (exact) mass is 365 g/mol. The van der Waals surface area contributed by atoms with Crippen molar-refractivity contribution in [2.24, 2.45) is 0 Å². The number of aryl methyl sites for hydroxylation is 1. The summed E-state index contributed by atoms with van der Waals surface area (Å²) in [6, 6.07) is 16.3. The molecular formula is C21H24FN5. The summed E-state index contributed by atoms with van der Waals surface area (Å²) in [5.41, 5.74) is 2.78. The van der Waals surface area contributed by atoms with Gasteiger partial charge in [0, 0.05) is 36.2 Å². The van der Waals surface area contributed by atoms with Gasteiger partial charge in [0.1, 0.15) is 23.3 Å². The average Bonchev–Trinajstić information content (AvgIpc) is 2.63. The standard InChI is InChI=1S/C21H24FN5/c1-4-27(5-2)19-11-9-17(10-12-19)25-20-14-21(24-15(3)23-20)26-18-8-6-7-16(22)13-18/h6-14H,4-5H2,1-3H3,(H2,23,24,25,26). The van der Waals surface area contributed by atoms with Crippen molar-refractivity contribution in [3.63, 3.8) is 0 Å². The van der Waals surface area contributed by atoms with Gasteiger partial charge in [0.05, 0.1) is 0 Å². The van der Waals surface area contributed by atoms with Crippen molar-refractivity contribution in [3.8, 4) is 0 Å². The minimum absolute atomic E-state index is 0.294. The predicted molar refractivity (Wildman–Crippen MR) is 110 cm³/mol. The molecule has 1 aromatic heterocycles. The Balaban J connectivity index is 1.76. The van der Waals surface area contributed by atoms with Crippen LogP contribution in [-0.4, -0.2) is 23.1 Å². The topological polar surface area (TPSA) is 53.1 Å². The van der Waals surface area contributed by atoms with Gasteiger partial charge in [-0.25, -0.2) is 14.4 Å². The number of rotatable bonds is 7. The Hall–Kier alpha value is -3.15. The van der Waals surface area contributed by atoms with Crippen LogP contribution in [0.5, 0.6) is 0 Å². The first-order chi connectivity index (χ1) is 13.1. The van der Waals surface area contributed by atoms with Gasteiger partial charge >= 0.3 is 0 Å². The number of halogens is 1. The van der Waals surface area contributed by atoms with Crippen molar-refractivity contribution in [1.29, 1.82) is 0 Å². The summed E-state index contributed by atoms with van der Waals surface area (Å²) in [7, 11) is 0. The zero-order valence-corrected chi connectivity index (χ0v) is 15.8. The molecule has 0 fully saturated rings. The fourth-order valence-electron chi connectivity index (χ4n) is 2.90. The number of nitrogens with one attached hydrogen (secondary N) is 2. The Morgan fingerprint density at radius 3 is 2.07 bits per heavy atom. The summed E-state index contributed by atoms with van der Waals surface area (Å²) in [4.78, 5) is 11.1. The van der Waals surface area contributed by atoms with Gasteiger partial charge in [0.15, 0.2) is 0 Å². The summed E-state index contributed by atoms with van der Waals surface area (Å²) in [6.07, 6.45) is 0. The van der Waals surface area contributed by atoms with Crippen LogP contribution >= 0.6 is 0 Å². The first kappa shape index (κ1) is 18.6. The van der Waals surface area contributed by atoms with Gasteiger partial charge in [-0.2, -0.15) is 0 Å². The van der Waals surface area contributed by atoms with E-state index in [1.807, 2.05) is 19.1 Å². The Labute approximate surface area is 159 Å². The lowest BCUT2D eigenvalue weighted by molar-refractivity contribution is 0.628. The molecule has 0 bridgehead atoms. The summed E-state index contributed by atoms with van der Waals surface area (Å²) in [5.74, 6) is 1.61. The zero-order valence-electron chi connectivity index (χ0n) is 15.8. The van der Waals surface area contributed by atoms with E-state index in [-0.39, 0.29) is 5.82 Å². The molecule has 140 valence electrons. The first-order valence-electron chi connectivity index (χ1n) is 9.07. The predicted octanol–water partition coefficient (Wildman–Crippen LogP) is 5.26. The third kappa shape index (κ3) is 4.94. The Bertz CT molecular complexity index is 891. The second kappa shape index (κ2) is 8.49. The number of anilines is 5. The second-order valence-corrected chi connectivity index (χ2v) is 6.17. The van der Waals surface area contributed by atoms with E-state index in [0.717, 1.165) is 18.8 Å². The van der Waals surface area contributed by atoms with Gasteiger partial charge in [0.2, 0.25) is 0 Å². The smallest absolute Gasteiger partial charge is 0.136 e. The fourth-order valence-corrected chi connectivity index (χ4v) is 2.90. The maximum absolute atomic E-state index is 13.4. The highest BCUT2D eigenvalue weighted by Gasteiger charge is 2.05. The third-order valence-electron chi connectivity index (χ3n) is 4.20. The van der Waals surface area contributed by atoms with E-state index in [9.17, 15) is 4.39 Å². The maximum Gasteiger partial charge on any atom is 0.136 e. The normalized spacial score (nSPS) is 10.5. The van der Waals surface area contributed by atoms with Crippen LogP contribution in [0.1, 0.15) is 19.7 Å². The average molecular weight is 365 g/mol. The van der Waals surface area contributed by atoms with Crippen molar-refractivity contribution < 1.29 is 4.39 Å². The highest BCUT2D eigenvalue weighted by molar-refractivity contribution is 5.65. The minimum Gasteiger partial charge on any atom is -0.372 e. The van der Waals surface area contributed by atoms with E-state index >= 15 is 0 Å². The van der Waals surface area contributed by atoms with Crippen molar-refractivity contribution >= 4 is 28.7 Å². The maximum atomic E-state index is 13.4. The van der Waals surface area contributed by atoms with E-state index in [0.29, 0.717) is 23.1 Å². The molecule has 2 aromatic carbocycles. The zero-order chi connectivity index (χ0) is 19.2. The highest BCUT2D eigenvalue weighted by atomic mass is 19.1. The van der Waals surface area contributed by atoms with Gasteiger partial charge in [-0.1, -0.05) is 6.07 Å². The van der Waals surface area contributed by atoms with Crippen LogP contribution in [-0.2, 0) is 0 Å². The molecule has 27 heavy (non-hydrogen) atoms. The van der Waals surface area contributed by atoms with E-state index in [1.54, 1.807) is 18.2 Å². The molecule has 0 atom stereocenters. The molecule has 0 aliphatic carbocycles. The molecule has 3 aromatic rings. The molecule has 0 saturated carbocycles. The molecule has 0 amide bonds. The first-order valence-corrected chi connectivity index (χ1v) is 9.07. The summed E-state index contributed by atoms with van der Waals surface area (Å²) in [5, 5.41) is 6.41. The van der Waals surface area contributed by atoms with Crippen molar-refractivity contribution in [2.75, 3.05) is 28.6 Å². The summed E-state index contributed by atoms with van der Waals surface area (Å²) >= 11 is 0. The van der Waals surface area contributed by atoms with Crippen LogP contribution in [0, 0.1) is 12.7 Å². The van der Waals surface area contributed by atoms with E-state index < -0.39 is 0 Å². The van der Waals surface area contributed by atoms with Gasteiger partial charge in [-0.15, -0.1) is 0 Å². The van der Waals surface area contributed by atoms with E-state index in [1.165, 1.54) is 17.8 Å². The van der Waals surface area contributed by atoms with Crippen LogP contribution < -0.4 is 15.5 Å². The number of hydrogen-bond donors (Lipinski definition) is 2. The van der Waals surface area contributed by atoms with Gasteiger partial charge in [-0.3, -0.25) is 0 Å². The lowest BCUT2D eigenvalue weighted by Crippen LogP contribution is -2.21. The molecule has 3 rings (SSSR count). The van der Waals surface area contributed by atoms with Crippen molar-refractivity contribution in [1.82, 2.24) is 9.97 Å². The second-order valence-electron chi connectivity index (χ2n) is 6.17. The Morgan fingerprint density at radius 1 is 0.852 bits per heavy atom. The van der Waals surface area contributed by atoms with Crippen LogP contribution in [0.15, 0.2) is 54.6 Å². The van der Waals surface area contributed by atoms with E-state index in [4.69, 9.17) is 0 Å². The SMILES string of the molecule is CCN(CC)c1ccc(Nc2cc(Nc3cccc(F)c3)nc(C)n2)cc1. The molecule has 0 unspecified atom stereocenters. The molecule has 0 aliphatic rings. The number of benzene rings is 2. The fraction of sp³-hybridized carbons (Fsp3) is 0.238. The molecule has 0 aliphatic heterocycles. The van der Waals surface area contributed by atoms with Crippen LogP contribution in [0.25, 0.3) is 0 Å². The quantitative estimate of drug-likeness (QED) is 0.598. The van der Waals surface area contributed by atoms with Gasteiger partial charge < -0.3 is 15.5 Å². The lowest BCUT2D eigenvalue weighted by Gasteiger charge is -2.21. The van der Waals surface area contributed by atoms with Crippen LogP contribution in [0.2, 0.25) is 0 Å². The number of aromatic nitrogens is 2. The molecule has 2 N–H and O–H groups in total. The third-order valence-corrected chi connectivity index (χ3v) is 4.20. The Morgan fingerprint density at radius 2 is 1.48 bits per heavy atom. The molecular weight excluding hydrogens is 341 g/mol. The molecule has 0 spiro atoms. The Kier molecular flexibility index (Phi) is 5.86.